The molecule has 3 aromatic rings. The first-order chi connectivity index (χ1) is 14.5. The van der Waals surface area contributed by atoms with Crippen LogP contribution in [0.1, 0.15) is 23.4 Å². The Morgan fingerprint density at radius 2 is 1.93 bits per heavy atom. The highest BCUT2D eigenvalue weighted by Gasteiger charge is 2.27. The quantitative estimate of drug-likeness (QED) is 0.299. The second kappa shape index (κ2) is 10.2. The molecule has 8 heteroatoms. The Balaban J connectivity index is 1.92. The van der Waals surface area contributed by atoms with Crippen molar-refractivity contribution in [2.24, 2.45) is 4.99 Å². The maximum absolute atomic E-state index is 12.7. The number of hydrogen-bond acceptors (Lipinski definition) is 7. The molecule has 0 saturated carbocycles. The number of aromatic nitrogens is 1. The summed E-state index contributed by atoms with van der Waals surface area (Å²) in [5, 5.41) is 10.8. The highest BCUT2D eigenvalue weighted by molar-refractivity contribution is 7.73. The molecule has 0 saturated heterocycles. The van der Waals surface area contributed by atoms with Gasteiger partial charge < -0.3 is 14.6 Å². The largest absolute Gasteiger partial charge is 0.497 e. The van der Waals surface area contributed by atoms with E-state index in [4.69, 9.17) is 21.7 Å². The Hall–Kier alpha value is -2.97. The van der Waals surface area contributed by atoms with Gasteiger partial charge in [-0.1, -0.05) is 41.7 Å². The summed E-state index contributed by atoms with van der Waals surface area (Å²) < 4.78 is 12.2. The first kappa shape index (κ1) is 21.7. The Morgan fingerprint density at radius 1 is 1.23 bits per heavy atom. The topological polar surface area (TPSA) is 73.0 Å². The molecule has 0 radical (unpaired) electrons. The van der Waals surface area contributed by atoms with E-state index in [0.29, 0.717) is 20.9 Å². The van der Waals surface area contributed by atoms with Crippen LogP contribution in [0.2, 0.25) is 0 Å². The van der Waals surface area contributed by atoms with Crippen molar-refractivity contribution in [3.05, 3.63) is 69.0 Å². The fourth-order valence-electron chi connectivity index (χ4n) is 2.91. The van der Waals surface area contributed by atoms with Crippen molar-refractivity contribution in [3.8, 4) is 11.6 Å². The Bertz CT molecular complexity index is 1070. The lowest BCUT2D eigenvalue weighted by molar-refractivity contribution is -0.147. The molecule has 1 unspecified atom stereocenters. The average Bonchev–Trinajstić information content (AvgIpc) is 3.05. The van der Waals surface area contributed by atoms with Gasteiger partial charge in [0.15, 0.2) is 3.95 Å². The number of hydrogen-bond donors (Lipinski definition) is 1. The molecule has 1 N–H and O–H groups in total. The van der Waals surface area contributed by atoms with Gasteiger partial charge in [-0.2, -0.15) is 0 Å². The van der Waals surface area contributed by atoms with Gasteiger partial charge in [0, 0.05) is 6.42 Å². The molecule has 0 bridgehead atoms. The first-order valence-corrected chi connectivity index (χ1v) is 10.6. The minimum atomic E-state index is -0.765. The van der Waals surface area contributed by atoms with Crippen molar-refractivity contribution in [3.63, 3.8) is 0 Å². The molecule has 156 valence electrons. The lowest BCUT2D eigenvalue weighted by Crippen LogP contribution is -2.24. The molecular formula is C22H22N2O4S2. The second-order valence-electron chi connectivity index (χ2n) is 6.34. The molecule has 0 spiro atoms. The minimum Gasteiger partial charge on any atom is -0.497 e. The van der Waals surface area contributed by atoms with E-state index in [-0.39, 0.29) is 12.5 Å². The maximum Gasteiger partial charge on any atom is 0.329 e. The fraction of sp³-hybridized carbons (Fsp3) is 0.227. The zero-order valence-corrected chi connectivity index (χ0v) is 18.3. The number of aromatic hydroxyl groups is 1. The molecule has 0 fully saturated rings. The number of carbonyl (C=O) groups excluding carboxylic acids is 1. The standard InChI is InChI=1S/C22H22N2O4S2/c1-3-28-21(26)18(13-15-7-5-4-6-8-15)24-20(25)19(30-22(24)29)14-23-16-9-11-17(27-2)12-10-16/h4-12,14,18,25H,3,13H2,1-2H3. The third-order valence-corrected chi connectivity index (χ3v) is 5.71. The summed E-state index contributed by atoms with van der Waals surface area (Å²) in [7, 11) is 1.60. The number of ether oxygens (including phenoxy) is 2. The van der Waals surface area contributed by atoms with Crippen molar-refractivity contribution in [2.45, 2.75) is 19.4 Å². The van der Waals surface area contributed by atoms with E-state index in [9.17, 15) is 9.90 Å². The number of carbonyl (C=O) groups is 1. The van der Waals surface area contributed by atoms with Crippen LogP contribution in [0.25, 0.3) is 0 Å². The van der Waals surface area contributed by atoms with Gasteiger partial charge in [0.05, 0.1) is 25.6 Å². The SMILES string of the molecule is CCOC(=O)C(Cc1ccccc1)n1c(O)c(C=Nc2ccc(OC)cc2)sc1=S. The molecule has 0 aliphatic heterocycles. The van der Waals surface area contributed by atoms with Crippen LogP contribution in [0.4, 0.5) is 5.69 Å². The predicted octanol–water partition coefficient (Wildman–Crippen LogP) is 5.09. The van der Waals surface area contributed by atoms with Crippen molar-refractivity contribution < 1.29 is 19.4 Å². The van der Waals surface area contributed by atoms with Gasteiger partial charge in [-0.05, 0) is 49.0 Å². The number of nitrogens with zero attached hydrogens (tertiary/aromatic N) is 2. The maximum atomic E-state index is 12.7. The predicted molar refractivity (Wildman–Crippen MR) is 121 cm³/mol. The Kier molecular flexibility index (Phi) is 7.37. The van der Waals surface area contributed by atoms with E-state index >= 15 is 0 Å². The zero-order chi connectivity index (χ0) is 21.5. The van der Waals surface area contributed by atoms with Gasteiger partial charge >= 0.3 is 5.97 Å². The molecule has 1 aromatic heterocycles. The molecular weight excluding hydrogens is 420 g/mol. The molecule has 1 heterocycles. The van der Waals surface area contributed by atoms with Crippen LogP contribution in [0, 0.1) is 3.95 Å². The molecule has 2 aromatic carbocycles. The Labute approximate surface area is 184 Å². The van der Waals surface area contributed by atoms with E-state index in [1.165, 1.54) is 15.9 Å². The van der Waals surface area contributed by atoms with Crippen LogP contribution in [0.3, 0.4) is 0 Å². The van der Waals surface area contributed by atoms with Gasteiger partial charge in [-0.3, -0.25) is 9.56 Å². The smallest absolute Gasteiger partial charge is 0.329 e. The summed E-state index contributed by atoms with van der Waals surface area (Å²) in [4.78, 5) is 17.5. The van der Waals surface area contributed by atoms with Gasteiger partial charge in [0.25, 0.3) is 0 Å². The summed E-state index contributed by atoms with van der Waals surface area (Å²) in [5.74, 6) is 0.192. The lowest BCUT2D eigenvalue weighted by atomic mass is 10.1. The minimum absolute atomic E-state index is 0.101. The van der Waals surface area contributed by atoms with E-state index in [0.717, 1.165) is 11.3 Å². The second-order valence-corrected chi connectivity index (χ2v) is 8.02. The summed E-state index contributed by atoms with van der Waals surface area (Å²) in [6, 6.07) is 16.0. The number of methoxy groups -OCH3 is 1. The van der Waals surface area contributed by atoms with E-state index in [2.05, 4.69) is 4.99 Å². The molecule has 0 aliphatic carbocycles. The van der Waals surface area contributed by atoms with Crippen LogP contribution in [0.15, 0.2) is 59.6 Å². The van der Waals surface area contributed by atoms with Crippen LogP contribution in [0.5, 0.6) is 11.6 Å². The third kappa shape index (κ3) is 5.14. The molecule has 0 aliphatic rings. The summed E-state index contributed by atoms with van der Waals surface area (Å²) in [6.07, 6.45) is 1.90. The molecule has 1 atom stereocenters. The Morgan fingerprint density at radius 3 is 2.57 bits per heavy atom. The van der Waals surface area contributed by atoms with Gasteiger partial charge in [0.2, 0.25) is 5.88 Å². The monoisotopic (exact) mass is 442 g/mol. The van der Waals surface area contributed by atoms with E-state index < -0.39 is 12.0 Å². The van der Waals surface area contributed by atoms with Crippen LogP contribution in [-0.4, -0.2) is 35.6 Å². The van der Waals surface area contributed by atoms with Crippen molar-refractivity contribution in [1.82, 2.24) is 4.57 Å². The summed E-state index contributed by atoms with van der Waals surface area (Å²) in [6.45, 7) is 1.99. The normalized spacial score (nSPS) is 12.1. The van der Waals surface area contributed by atoms with Crippen molar-refractivity contribution in [1.29, 1.82) is 0 Å². The number of esters is 1. The third-order valence-electron chi connectivity index (χ3n) is 4.39. The summed E-state index contributed by atoms with van der Waals surface area (Å²) in [5.41, 5.74) is 1.64. The molecule has 30 heavy (non-hydrogen) atoms. The van der Waals surface area contributed by atoms with Crippen molar-refractivity contribution >= 4 is 41.4 Å². The molecule has 6 nitrogen and oxygen atoms in total. The van der Waals surface area contributed by atoms with E-state index in [1.54, 1.807) is 44.5 Å². The number of aliphatic imine (C=N–C) groups is 1. The number of thiazole rings is 1. The van der Waals surface area contributed by atoms with Gasteiger partial charge in [-0.25, -0.2) is 4.79 Å². The average molecular weight is 443 g/mol. The van der Waals surface area contributed by atoms with Gasteiger partial charge in [-0.15, -0.1) is 0 Å². The molecule has 0 amide bonds. The highest BCUT2D eigenvalue weighted by atomic mass is 32.1. The highest BCUT2D eigenvalue weighted by Crippen LogP contribution is 2.31. The van der Waals surface area contributed by atoms with Crippen LogP contribution >= 0.6 is 23.6 Å². The number of benzene rings is 2. The van der Waals surface area contributed by atoms with Crippen LogP contribution < -0.4 is 4.74 Å². The van der Waals surface area contributed by atoms with Crippen molar-refractivity contribution in [2.75, 3.05) is 13.7 Å². The van der Waals surface area contributed by atoms with E-state index in [1.807, 2.05) is 30.3 Å². The number of rotatable bonds is 8. The fourth-order valence-corrected chi connectivity index (χ4v) is 4.19. The zero-order valence-electron chi connectivity index (χ0n) is 16.6. The first-order valence-electron chi connectivity index (χ1n) is 9.36. The molecule has 3 rings (SSSR count). The van der Waals surface area contributed by atoms with Gasteiger partial charge in [0.1, 0.15) is 16.7 Å². The van der Waals surface area contributed by atoms with Crippen LogP contribution in [-0.2, 0) is 16.0 Å². The lowest BCUT2D eigenvalue weighted by Gasteiger charge is -2.18. The summed E-state index contributed by atoms with van der Waals surface area (Å²) >= 11 is 6.64.